The minimum Gasteiger partial charge on any atom is -0.423 e. The third kappa shape index (κ3) is 3.45. The Morgan fingerprint density at radius 3 is 2.65 bits per heavy atom. The van der Waals surface area contributed by atoms with E-state index in [4.69, 9.17) is 4.42 Å². The molecule has 0 aliphatic heterocycles. The van der Waals surface area contributed by atoms with Gasteiger partial charge in [0.25, 0.3) is 0 Å². The van der Waals surface area contributed by atoms with Crippen molar-refractivity contribution in [1.29, 1.82) is 0 Å². The number of hydrogen-bond acceptors (Lipinski definition) is 2. The van der Waals surface area contributed by atoms with Gasteiger partial charge in [0.2, 0.25) is 0 Å². The van der Waals surface area contributed by atoms with E-state index in [9.17, 15) is 4.79 Å². The third-order valence-electron chi connectivity index (χ3n) is 2.62. The zero-order valence-electron chi connectivity index (χ0n) is 11.0. The van der Waals surface area contributed by atoms with Crippen LogP contribution in [0.3, 0.4) is 0 Å². The standard InChI is InChI=1S/C15H20O2/c1-6-8-13-12(10-15(4,5)7-2)9-11(3)14(16)17-13/h7-10H,2,6H2,1,3-5H3/b12-10-,13-8+. The second-order valence-corrected chi connectivity index (χ2v) is 4.82. The quantitative estimate of drug-likeness (QED) is 0.747. The molecule has 0 atom stereocenters. The van der Waals surface area contributed by atoms with Crippen molar-refractivity contribution in [3.63, 3.8) is 0 Å². The van der Waals surface area contributed by atoms with Crippen LogP contribution in [0.25, 0.3) is 12.2 Å². The number of rotatable bonds is 3. The highest BCUT2D eigenvalue weighted by atomic mass is 16.4. The summed E-state index contributed by atoms with van der Waals surface area (Å²) in [5, 5.41) is 0.953. The average molecular weight is 232 g/mol. The molecule has 0 aliphatic rings. The molecule has 1 rings (SSSR count). The fourth-order valence-electron chi connectivity index (χ4n) is 1.52. The molecule has 2 nitrogen and oxygen atoms in total. The Balaban J connectivity index is 3.64. The number of aryl methyl sites for hydroxylation is 1. The van der Waals surface area contributed by atoms with Crippen molar-refractivity contribution in [2.24, 2.45) is 5.41 Å². The Kier molecular flexibility index (Phi) is 4.11. The molecular formula is C15H20O2. The largest absolute Gasteiger partial charge is 0.423 e. The second-order valence-electron chi connectivity index (χ2n) is 4.82. The fourth-order valence-corrected chi connectivity index (χ4v) is 1.52. The molecule has 0 N–H and O–H groups in total. The van der Waals surface area contributed by atoms with Crippen LogP contribution in [-0.4, -0.2) is 0 Å². The van der Waals surface area contributed by atoms with Gasteiger partial charge in [-0.25, -0.2) is 4.79 Å². The van der Waals surface area contributed by atoms with Gasteiger partial charge in [0, 0.05) is 16.2 Å². The maximum Gasteiger partial charge on any atom is 0.339 e. The van der Waals surface area contributed by atoms with Gasteiger partial charge in [-0.05, 0) is 25.5 Å². The molecule has 0 bridgehead atoms. The van der Waals surface area contributed by atoms with Crippen LogP contribution in [-0.2, 0) is 0 Å². The first-order valence-electron chi connectivity index (χ1n) is 5.87. The lowest BCUT2D eigenvalue weighted by Gasteiger charge is -2.13. The molecule has 0 spiro atoms. The summed E-state index contributed by atoms with van der Waals surface area (Å²) in [6.07, 6.45) is 6.70. The first kappa shape index (κ1) is 13.5. The first-order chi connectivity index (χ1) is 7.89. The molecule has 0 aromatic carbocycles. The van der Waals surface area contributed by atoms with E-state index in [2.05, 4.69) is 26.5 Å². The SMILES string of the molecule is C=CC(C)(C)/C=c1/cc(C)c(=O)o/c1=C/CC. The normalized spacial score (nSPS) is 14.1. The second kappa shape index (κ2) is 5.17. The predicted octanol–water partition coefficient (Wildman–Crippen LogP) is 2.13. The Hall–Kier alpha value is -1.57. The average Bonchev–Trinajstić information content (AvgIpc) is 2.25. The molecule has 1 heterocycles. The Labute approximate surface area is 102 Å². The summed E-state index contributed by atoms with van der Waals surface area (Å²) >= 11 is 0. The Morgan fingerprint density at radius 2 is 2.12 bits per heavy atom. The molecular weight excluding hydrogens is 212 g/mol. The lowest BCUT2D eigenvalue weighted by molar-refractivity contribution is 0.466. The van der Waals surface area contributed by atoms with Crippen LogP contribution in [0.15, 0.2) is 27.9 Å². The van der Waals surface area contributed by atoms with Gasteiger partial charge in [0.05, 0.1) is 0 Å². The number of allylic oxidation sites excluding steroid dienone is 1. The highest BCUT2D eigenvalue weighted by Crippen LogP contribution is 2.16. The number of hydrogen-bond donors (Lipinski definition) is 0. The minimum absolute atomic E-state index is 0.122. The highest BCUT2D eigenvalue weighted by Gasteiger charge is 2.08. The van der Waals surface area contributed by atoms with Crippen LogP contribution < -0.4 is 16.3 Å². The molecule has 0 radical (unpaired) electrons. The summed E-state index contributed by atoms with van der Waals surface area (Å²) in [5.41, 5.74) is 0.892. The van der Waals surface area contributed by atoms with Gasteiger partial charge in [-0.3, -0.25) is 0 Å². The van der Waals surface area contributed by atoms with E-state index in [1.165, 1.54) is 0 Å². The van der Waals surface area contributed by atoms with Crippen LogP contribution in [0.5, 0.6) is 0 Å². The van der Waals surface area contributed by atoms with Crippen molar-refractivity contribution in [1.82, 2.24) is 0 Å². The van der Waals surface area contributed by atoms with E-state index in [0.29, 0.717) is 11.0 Å². The van der Waals surface area contributed by atoms with Gasteiger partial charge in [-0.15, -0.1) is 6.58 Å². The van der Waals surface area contributed by atoms with Crippen molar-refractivity contribution in [3.8, 4) is 0 Å². The summed E-state index contributed by atoms with van der Waals surface area (Å²) in [4.78, 5) is 11.5. The van der Waals surface area contributed by atoms with E-state index < -0.39 is 0 Å². The van der Waals surface area contributed by atoms with E-state index in [-0.39, 0.29) is 11.0 Å². The molecule has 1 aromatic heterocycles. The Morgan fingerprint density at radius 1 is 1.47 bits per heavy atom. The molecule has 2 heteroatoms. The van der Waals surface area contributed by atoms with E-state index in [1.807, 2.05) is 25.1 Å². The Bertz CT molecular complexity index is 574. The van der Waals surface area contributed by atoms with Crippen LogP contribution in [0.4, 0.5) is 0 Å². The first-order valence-corrected chi connectivity index (χ1v) is 5.87. The summed E-state index contributed by atoms with van der Waals surface area (Å²) < 4.78 is 5.29. The van der Waals surface area contributed by atoms with Crippen molar-refractivity contribution in [3.05, 3.63) is 45.3 Å². The maximum atomic E-state index is 11.5. The molecule has 0 saturated carbocycles. The molecule has 92 valence electrons. The van der Waals surface area contributed by atoms with Gasteiger partial charge in [0.1, 0.15) is 5.42 Å². The van der Waals surface area contributed by atoms with E-state index in [0.717, 1.165) is 11.6 Å². The lowest BCUT2D eigenvalue weighted by atomic mass is 9.92. The highest BCUT2D eigenvalue weighted by molar-refractivity contribution is 5.36. The minimum atomic E-state index is -0.266. The predicted molar refractivity (Wildman–Crippen MR) is 72.2 cm³/mol. The van der Waals surface area contributed by atoms with Crippen LogP contribution >= 0.6 is 0 Å². The lowest BCUT2D eigenvalue weighted by Crippen LogP contribution is -2.32. The van der Waals surface area contributed by atoms with Crippen molar-refractivity contribution in [2.45, 2.75) is 34.1 Å². The molecule has 0 amide bonds. The maximum absolute atomic E-state index is 11.5. The summed E-state index contributed by atoms with van der Waals surface area (Å²) in [7, 11) is 0. The molecule has 0 fully saturated rings. The molecule has 17 heavy (non-hydrogen) atoms. The van der Waals surface area contributed by atoms with Crippen LogP contribution in [0.1, 0.15) is 32.8 Å². The topological polar surface area (TPSA) is 30.2 Å². The van der Waals surface area contributed by atoms with Crippen molar-refractivity contribution < 1.29 is 4.42 Å². The zero-order chi connectivity index (χ0) is 13.1. The van der Waals surface area contributed by atoms with Crippen molar-refractivity contribution >= 4 is 12.2 Å². The molecule has 0 unspecified atom stereocenters. The van der Waals surface area contributed by atoms with Gasteiger partial charge in [-0.1, -0.05) is 32.9 Å². The smallest absolute Gasteiger partial charge is 0.339 e. The molecule has 1 aromatic rings. The van der Waals surface area contributed by atoms with Gasteiger partial charge < -0.3 is 4.42 Å². The van der Waals surface area contributed by atoms with Crippen LogP contribution in [0, 0.1) is 12.3 Å². The third-order valence-corrected chi connectivity index (χ3v) is 2.62. The molecule has 0 aliphatic carbocycles. The van der Waals surface area contributed by atoms with Crippen molar-refractivity contribution in [2.75, 3.05) is 0 Å². The van der Waals surface area contributed by atoms with E-state index >= 15 is 0 Å². The molecule has 0 saturated heterocycles. The summed E-state index contributed by atoms with van der Waals surface area (Å²) in [5.74, 6) is 0. The van der Waals surface area contributed by atoms with Gasteiger partial charge in [-0.2, -0.15) is 0 Å². The van der Waals surface area contributed by atoms with Crippen LogP contribution in [0.2, 0.25) is 0 Å². The van der Waals surface area contributed by atoms with E-state index in [1.54, 1.807) is 6.92 Å². The zero-order valence-corrected chi connectivity index (χ0v) is 11.0. The fraction of sp³-hybridized carbons (Fsp3) is 0.400. The van der Waals surface area contributed by atoms with Gasteiger partial charge in [0.15, 0.2) is 0 Å². The summed E-state index contributed by atoms with van der Waals surface area (Å²) in [6.45, 7) is 11.7. The summed E-state index contributed by atoms with van der Waals surface area (Å²) in [6, 6.07) is 1.87. The monoisotopic (exact) mass is 232 g/mol. The van der Waals surface area contributed by atoms with Gasteiger partial charge >= 0.3 is 5.63 Å².